The molecule has 1 aliphatic carbocycles. The first-order valence-corrected chi connectivity index (χ1v) is 4.18. The molecule has 2 heteroatoms. The number of hydrogen-bond donors (Lipinski definition) is 1. The molecule has 1 aliphatic heterocycles. The van der Waals surface area contributed by atoms with E-state index in [9.17, 15) is 4.79 Å². The molecule has 0 saturated carbocycles. The zero-order chi connectivity index (χ0) is 8.39. The maximum absolute atomic E-state index is 11.1. The minimum atomic E-state index is 0.0162. The predicted octanol–water partition coefficient (Wildman–Crippen LogP) is 1.17. The zero-order valence-electron chi connectivity index (χ0n) is 6.73. The van der Waals surface area contributed by atoms with E-state index in [1.165, 1.54) is 0 Å². The third-order valence-corrected chi connectivity index (χ3v) is 2.24. The fourth-order valence-electron chi connectivity index (χ4n) is 1.58. The van der Waals surface area contributed by atoms with Crippen LogP contribution in [0.3, 0.4) is 0 Å². The molecule has 2 aliphatic rings. The first-order chi connectivity index (χ1) is 5.86. The minimum absolute atomic E-state index is 0.0162. The summed E-state index contributed by atoms with van der Waals surface area (Å²) in [6.07, 6.45) is 12.7. The fraction of sp³-hybridized carbons (Fsp3) is 0.300. The van der Waals surface area contributed by atoms with Crippen molar-refractivity contribution >= 4 is 5.91 Å². The van der Waals surface area contributed by atoms with Crippen LogP contribution in [-0.4, -0.2) is 11.9 Å². The highest BCUT2D eigenvalue weighted by molar-refractivity contribution is 5.88. The second-order valence-corrected chi connectivity index (χ2v) is 3.11. The van der Waals surface area contributed by atoms with E-state index in [0.717, 1.165) is 6.42 Å². The van der Waals surface area contributed by atoms with Gasteiger partial charge in [-0.2, -0.15) is 0 Å². The van der Waals surface area contributed by atoms with E-state index in [1.54, 1.807) is 6.08 Å². The molecule has 2 unspecified atom stereocenters. The van der Waals surface area contributed by atoms with Crippen LogP contribution in [0.2, 0.25) is 0 Å². The Balaban J connectivity index is 2.19. The lowest BCUT2D eigenvalue weighted by atomic mass is 9.93. The molecule has 0 radical (unpaired) electrons. The quantitative estimate of drug-likeness (QED) is 0.567. The van der Waals surface area contributed by atoms with E-state index in [-0.39, 0.29) is 11.9 Å². The maximum atomic E-state index is 11.1. The van der Waals surface area contributed by atoms with Crippen molar-refractivity contribution in [1.29, 1.82) is 0 Å². The van der Waals surface area contributed by atoms with Gasteiger partial charge in [0, 0.05) is 5.92 Å². The van der Waals surface area contributed by atoms with Crippen molar-refractivity contribution in [3.05, 3.63) is 36.5 Å². The molecule has 0 aromatic heterocycles. The molecule has 0 aromatic rings. The lowest BCUT2D eigenvalue weighted by molar-refractivity contribution is -0.116. The molecule has 2 atom stereocenters. The Morgan fingerprint density at radius 3 is 3.08 bits per heavy atom. The van der Waals surface area contributed by atoms with Crippen LogP contribution in [0.4, 0.5) is 0 Å². The van der Waals surface area contributed by atoms with Gasteiger partial charge in [0.1, 0.15) is 0 Å². The normalized spacial score (nSPS) is 32.5. The zero-order valence-corrected chi connectivity index (χ0v) is 6.73. The number of allylic oxidation sites excluding steroid dienone is 3. The highest BCUT2D eigenvalue weighted by Crippen LogP contribution is 2.18. The molecule has 1 N–H and O–H groups in total. The van der Waals surface area contributed by atoms with E-state index in [4.69, 9.17) is 0 Å². The van der Waals surface area contributed by atoms with Crippen molar-refractivity contribution in [2.24, 2.45) is 5.92 Å². The van der Waals surface area contributed by atoms with Gasteiger partial charge in [0.15, 0.2) is 0 Å². The molecule has 0 bridgehead atoms. The molecular weight excluding hydrogens is 150 g/mol. The number of carbonyl (C=O) groups excluding carboxylic acids is 1. The molecule has 12 heavy (non-hydrogen) atoms. The molecule has 0 spiro atoms. The van der Waals surface area contributed by atoms with Crippen molar-refractivity contribution in [3.63, 3.8) is 0 Å². The van der Waals surface area contributed by atoms with E-state index in [2.05, 4.69) is 11.4 Å². The SMILES string of the molecule is O=C1C=CCC2C=CC=CC2N1. The standard InChI is InChI=1S/C10H11NO/c12-10-7-3-5-8-4-1-2-6-9(8)11-10/h1-4,6-9H,5H2,(H,11,12). The summed E-state index contributed by atoms with van der Waals surface area (Å²) in [6.45, 7) is 0. The summed E-state index contributed by atoms with van der Waals surface area (Å²) < 4.78 is 0. The van der Waals surface area contributed by atoms with Gasteiger partial charge in [-0.25, -0.2) is 0 Å². The van der Waals surface area contributed by atoms with E-state index in [1.807, 2.05) is 24.3 Å². The molecule has 1 heterocycles. The van der Waals surface area contributed by atoms with Crippen LogP contribution >= 0.6 is 0 Å². The van der Waals surface area contributed by atoms with Gasteiger partial charge in [-0.3, -0.25) is 4.79 Å². The molecular formula is C10H11NO. The fourth-order valence-corrected chi connectivity index (χ4v) is 1.58. The summed E-state index contributed by atoms with van der Waals surface area (Å²) in [5.74, 6) is 0.458. The summed E-state index contributed by atoms with van der Waals surface area (Å²) in [5, 5.41) is 2.92. The third-order valence-electron chi connectivity index (χ3n) is 2.24. The largest absolute Gasteiger partial charge is 0.346 e. The van der Waals surface area contributed by atoms with E-state index >= 15 is 0 Å². The van der Waals surface area contributed by atoms with Gasteiger partial charge in [-0.1, -0.05) is 30.4 Å². The summed E-state index contributed by atoms with van der Waals surface area (Å²) in [6, 6.07) is 0.192. The van der Waals surface area contributed by atoms with E-state index in [0.29, 0.717) is 5.92 Å². The van der Waals surface area contributed by atoms with Gasteiger partial charge < -0.3 is 5.32 Å². The summed E-state index contributed by atoms with van der Waals surface area (Å²) >= 11 is 0. The van der Waals surface area contributed by atoms with Crippen LogP contribution in [0, 0.1) is 5.92 Å². The number of fused-ring (bicyclic) bond motifs is 1. The Morgan fingerprint density at radius 1 is 1.33 bits per heavy atom. The molecule has 0 saturated heterocycles. The highest BCUT2D eigenvalue weighted by Gasteiger charge is 2.20. The highest BCUT2D eigenvalue weighted by atomic mass is 16.1. The van der Waals surface area contributed by atoms with Crippen molar-refractivity contribution in [3.8, 4) is 0 Å². The lowest BCUT2D eigenvalue weighted by Crippen LogP contribution is -2.36. The molecule has 0 aromatic carbocycles. The van der Waals surface area contributed by atoms with Gasteiger partial charge in [-0.05, 0) is 12.5 Å². The number of nitrogens with one attached hydrogen (secondary N) is 1. The Hall–Kier alpha value is -1.31. The van der Waals surface area contributed by atoms with Gasteiger partial charge in [0.05, 0.1) is 6.04 Å². The van der Waals surface area contributed by atoms with Crippen molar-refractivity contribution in [2.45, 2.75) is 12.5 Å². The van der Waals surface area contributed by atoms with Crippen molar-refractivity contribution in [2.75, 3.05) is 0 Å². The van der Waals surface area contributed by atoms with Crippen molar-refractivity contribution in [1.82, 2.24) is 5.32 Å². The van der Waals surface area contributed by atoms with Crippen LogP contribution < -0.4 is 5.32 Å². The van der Waals surface area contributed by atoms with Crippen LogP contribution in [0.25, 0.3) is 0 Å². The smallest absolute Gasteiger partial charge is 0.244 e. The third kappa shape index (κ3) is 1.33. The summed E-state index contributed by atoms with van der Waals surface area (Å²) in [7, 11) is 0. The van der Waals surface area contributed by atoms with Crippen LogP contribution in [0.1, 0.15) is 6.42 Å². The van der Waals surface area contributed by atoms with Crippen LogP contribution in [0.15, 0.2) is 36.5 Å². The average molecular weight is 161 g/mol. The Kier molecular flexibility index (Phi) is 1.82. The van der Waals surface area contributed by atoms with Gasteiger partial charge in [-0.15, -0.1) is 0 Å². The molecule has 0 fully saturated rings. The second kappa shape index (κ2) is 2.97. The van der Waals surface area contributed by atoms with Gasteiger partial charge in [0.25, 0.3) is 0 Å². The first kappa shape index (κ1) is 7.35. The summed E-state index contributed by atoms with van der Waals surface area (Å²) in [4.78, 5) is 11.1. The van der Waals surface area contributed by atoms with Crippen LogP contribution in [-0.2, 0) is 4.79 Å². The number of rotatable bonds is 0. The lowest BCUT2D eigenvalue weighted by Gasteiger charge is -2.21. The topological polar surface area (TPSA) is 29.1 Å². The van der Waals surface area contributed by atoms with Crippen LogP contribution in [0.5, 0.6) is 0 Å². The van der Waals surface area contributed by atoms with Crippen molar-refractivity contribution < 1.29 is 4.79 Å². The number of amides is 1. The van der Waals surface area contributed by atoms with Gasteiger partial charge >= 0.3 is 0 Å². The minimum Gasteiger partial charge on any atom is -0.346 e. The monoisotopic (exact) mass is 161 g/mol. The number of carbonyl (C=O) groups is 1. The Labute approximate surface area is 71.7 Å². The number of hydrogen-bond acceptors (Lipinski definition) is 1. The van der Waals surface area contributed by atoms with Gasteiger partial charge in [0.2, 0.25) is 5.91 Å². The molecule has 1 amide bonds. The first-order valence-electron chi connectivity index (χ1n) is 4.18. The Bertz CT molecular complexity index is 276. The van der Waals surface area contributed by atoms with E-state index < -0.39 is 0 Å². The maximum Gasteiger partial charge on any atom is 0.244 e. The summed E-state index contributed by atoms with van der Waals surface area (Å²) in [5.41, 5.74) is 0. The molecule has 2 nitrogen and oxygen atoms in total. The Morgan fingerprint density at radius 2 is 2.17 bits per heavy atom. The second-order valence-electron chi connectivity index (χ2n) is 3.11. The predicted molar refractivity (Wildman–Crippen MR) is 47.5 cm³/mol. The average Bonchev–Trinajstić information content (AvgIpc) is 2.25. The molecule has 2 rings (SSSR count). The molecule has 62 valence electrons.